The Morgan fingerprint density at radius 1 is 0.703 bits per heavy atom. The number of hydrogen-bond donors (Lipinski definition) is 0. The summed E-state index contributed by atoms with van der Waals surface area (Å²) in [5, 5.41) is 5.37. The van der Waals surface area contributed by atoms with Gasteiger partial charge in [-0.1, -0.05) is 60.7 Å². The topological polar surface area (TPSA) is 17.0 Å². The number of rotatable bonds is 2. The van der Waals surface area contributed by atoms with Crippen LogP contribution in [0.15, 0.2) is 102 Å². The summed E-state index contributed by atoms with van der Waals surface area (Å²) in [6, 6.07) is 27.7. The van der Waals surface area contributed by atoms with E-state index in [2.05, 4.69) is 48.9 Å². The fourth-order valence-corrected chi connectivity index (χ4v) is 5.70. The molecule has 2 aromatic heterocycles. The van der Waals surface area contributed by atoms with Crippen molar-refractivity contribution in [3.63, 3.8) is 0 Å². The van der Waals surface area contributed by atoms with Gasteiger partial charge in [0.05, 0.1) is 12.5 Å². The summed E-state index contributed by atoms with van der Waals surface area (Å²) in [7, 11) is 2.03. The number of aryl methyl sites for hydroxylation is 3. The fraction of sp³-hybridized carbons (Fsp3) is 0.0882. The second-order valence-electron chi connectivity index (χ2n) is 9.83. The van der Waals surface area contributed by atoms with Crippen molar-refractivity contribution in [2.24, 2.45) is 7.05 Å². The first kappa shape index (κ1) is 20.7. The zero-order valence-corrected chi connectivity index (χ0v) is 20.9. The van der Waals surface area contributed by atoms with Crippen molar-refractivity contribution < 1.29 is 14.7 Å². The van der Waals surface area contributed by atoms with Gasteiger partial charge in [-0.3, -0.25) is 0 Å². The van der Waals surface area contributed by atoms with Crippen LogP contribution < -0.4 is 4.57 Å². The lowest BCUT2D eigenvalue weighted by atomic mass is 9.92. The number of furan rings is 1. The normalized spacial score (nSPS) is 12.2. The Kier molecular flexibility index (Phi) is 4.47. The van der Waals surface area contributed by atoms with Crippen molar-refractivity contribution >= 4 is 43.5 Å². The van der Waals surface area contributed by atoms with E-state index in [1.165, 1.54) is 11.6 Å². The van der Waals surface area contributed by atoms with Gasteiger partial charge in [0, 0.05) is 22.4 Å². The molecule has 0 N–H and O–H groups in total. The van der Waals surface area contributed by atoms with E-state index in [4.69, 9.17) is 4.42 Å². The molecule has 0 spiro atoms. The van der Waals surface area contributed by atoms with Gasteiger partial charge in [0.1, 0.15) is 24.0 Å². The molecule has 0 bridgehead atoms. The van der Waals surface area contributed by atoms with E-state index in [1.807, 2.05) is 55.6 Å². The number of fused-ring (bicyclic) bond motifs is 6. The number of halogens is 1. The van der Waals surface area contributed by atoms with Crippen LogP contribution >= 0.6 is 0 Å². The van der Waals surface area contributed by atoms with Crippen LogP contribution in [0.1, 0.15) is 12.5 Å². The summed E-state index contributed by atoms with van der Waals surface area (Å²) in [6.07, 6.45) is 2.09. The van der Waals surface area contributed by atoms with Gasteiger partial charge in [0.25, 0.3) is 0 Å². The van der Waals surface area contributed by atoms with Crippen LogP contribution in [0.25, 0.3) is 65.9 Å². The summed E-state index contributed by atoms with van der Waals surface area (Å²) < 4.78 is 33.9. The molecule has 0 aliphatic carbocycles. The van der Waals surface area contributed by atoms with Crippen LogP contribution in [0.2, 0.25) is 0 Å². The maximum absolute atomic E-state index is 15.9. The largest absolute Gasteiger partial charge is 0.454 e. The summed E-state index contributed by atoms with van der Waals surface area (Å²) in [5.74, 6) is -0.398. The highest BCUT2D eigenvalue weighted by molar-refractivity contribution is 6.18. The van der Waals surface area contributed by atoms with E-state index in [9.17, 15) is 1.37 Å². The van der Waals surface area contributed by atoms with Crippen molar-refractivity contribution in [3.05, 3.63) is 114 Å². The van der Waals surface area contributed by atoms with Crippen LogP contribution in [0.4, 0.5) is 4.39 Å². The molecule has 37 heavy (non-hydrogen) atoms. The van der Waals surface area contributed by atoms with Gasteiger partial charge in [0.2, 0.25) is 5.69 Å². The van der Waals surface area contributed by atoms with E-state index in [1.54, 1.807) is 6.07 Å². The minimum atomic E-state index is -0.398. The second-order valence-corrected chi connectivity index (χ2v) is 9.83. The molecule has 0 fully saturated rings. The number of benzene rings is 5. The van der Waals surface area contributed by atoms with Gasteiger partial charge in [-0.05, 0) is 70.8 Å². The average Bonchev–Trinajstić information content (AvgIpc) is 3.29. The molecular weight excluding hydrogens is 457 g/mol. The minimum absolute atomic E-state index is 0.299. The standard InChI is InChI=1S/C34H25FNO/c1-20-12-17-30(36(3)19-20)31-21(2)13-14-26-27-15-16-29(35)32(34(27)37-33(26)31)28-18-22-8-4-5-9-23(22)24-10-6-7-11-25(24)28/h4-19H,1-3H3/q+1/i18D. The van der Waals surface area contributed by atoms with Crippen molar-refractivity contribution in [3.8, 4) is 22.4 Å². The van der Waals surface area contributed by atoms with Crippen molar-refractivity contribution in [1.82, 2.24) is 0 Å². The van der Waals surface area contributed by atoms with E-state index in [0.29, 0.717) is 22.8 Å². The molecule has 7 aromatic rings. The summed E-state index contributed by atoms with van der Waals surface area (Å²) >= 11 is 0. The predicted octanol–water partition coefficient (Wildman–Crippen LogP) is 8.81. The third-order valence-electron chi connectivity index (χ3n) is 7.43. The molecule has 5 aromatic carbocycles. The Morgan fingerprint density at radius 2 is 1.38 bits per heavy atom. The van der Waals surface area contributed by atoms with Crippen molar-refractivity contribution in [1.29, 1.82) is 0 Å². The van der Waals surface area contributed by atoms with Crippen LogP contribution in [0.3, 0.4) is 0 Å². The van der Waals surface area contributed by atoms with Crippen LogP contribution in [0, 0.1) is 19.7 Å². The van der Waals surface area contributed by atoms with Gasteiger partial charge in [0.15, 0.2) is 6.20 Å². The smallest absolute Gasteiger partial charge is 0.216 e. The van der Waals surface area contributed by atoms with Crippen molar-refractivity contribution in [2.45, 2.75) is 13.8 Å². The molecule has 2 nitrogen and oxygen atoms in total. The molecule has 3 heteroatoms. The molecule has 0 aliphatic rings. The van der Waals surface area contributed by atoms with Gasteiger partial charge in [-0.2, -0.15) is 0 Å². The SMILES string of the molecule is [2H]c1c(-c2c(F)ccc3c2oc2c(-c4ccc(C)c[n+]4C)c(C)ccc23)c2ccccc2c2ccccc12. The molecular formula is C34H25FNO+. The molecule has 7 rings (SSSR count). The summed E-state index contributed by atoms with van der Waals surface area (Å²) in [4.78, 5) is 0. The number of nitrogens with zero attached hydrogens (tertiary/aromatic N) is 1. The van der Waals surface area contributed by atoms with Crippen LogP contribution in [-0.4, -0.2) is 0 Å². The third kappa shape index (κ3) is 3.20. The maximum Gasteiger partial charge on any atom is 0.216 e. The molecule has 178 valence electrons. The first-order valence-corrected chi connectivity index (χ1v) is 12.5. The first-order chi connectivity index (χ1) is 18.4. The van der Waals surface area contributed by atoms with E-state index < -0.39 is 5.82 Å². The van der Waals surface area contributed by atoms with Crippen LogP contribution in [0.5, 0.6) is 0 Å². The number of hydrogen-bond acceptors (Lipinski definition) is 1. The van der Waals surface area contributed by atoms with E-state index in [0.717, 1.165) is 54.7 Å². The number of pyridine rings is 1. The highest BCUT2D eigenvalue weighted by Crippen LogP contribution is 2.44. The molecule has 0 atom stereocenters. The lowest BCUT2D eigenvalue weighted by Crippen LogP contribution is -2.31. The fourth-order valence-electron chi connectivity index (χ4n) is 5.70. The Bertz CT molecular complexity index is 2090. The molecule has 0 saturated heterocycles. The lowest BCUT2D eigenvalue weighted by Gasteiger charge is -2.12. The second kappa shape index (κ2) is 8.01. The minimum Gasteiger partial charge on any atom is -0.454 e. The molecule has 2 heterocycles. The van der Waals surface area contributed by atoms with E-state index in [-0.39, 0.29) is 0 Å². The molecule has 0 amide bonds. The van der Waals surface area contributed by atoms with Crippen molar-refractivity contribution in [2.75, 3.05) is 0 Å². The van der Waals surface area contributed by atoms with E-state index >= 15 is 4.39 Å². The van der Waals surface area contributed by atoms with Gasteiger partial charge >= 0.3 is 0 Å². The zero-order valence-electron chi connectivity index (χ0n) is 21.9. The Balaban J connectivity index is 1.64. The quantitative estimate of drug-likeness (QED) is 0.177. The Labute approximate surface area is 215 Å². The van der Waals surface area contributed by atoms with Gasteiger partial charge < -0.3 is 4.42 Å². The van der Waals surface area contributed by atoms with Gasteiger partial charge in [-0.15, -0.1) is 0 Å². The monoisotopic (exact) mass is 483 g/mol. The highest BCUT2D eigenvalue weighted by atomic mass is 19.1. The predicted molar refractivity (Wildman–Crippen MR) is 150 cm³/mol. The number of aromatic nitrogens is 1. The Hall–Kier alpha value is -4.50. The molecule has 0 saturated carbocycles. The Morgan fingerprint density at radius 3 is 2.16 bits per heavy atom. The summed E-state index contributed by atoms with van der Waals surface area (Å²) in [5.41, 5.74) is 6.34. The van der Waals surface area contributed by atoms with Gasteiger partial charge in [-0.25, -0.2) is 8.96 Å². The van der Waals surface area contributed by atoms with Crippen LogP contribution in [-0.2, 0) is 7.05 Å². The first-order valence-electron chi connectivity index (χ1n) is 13.0. The molecule has 0 aliphatic heterocycles. The zero-order chi connectivity index (χ0) is 26.1. The highest BCUT2D eigenvalue weighted by Gasteiger charge is 2.24. The maximum atomic E-state index is 15.9. The average molecular weight is 484 g/mol. The third-order valence-corrected chi connectivity index (χ3v) is 7.43. The molecule has 0 radical (unpaired) electrons. The molecule has 0 unspecified atom stereocenters. The lowest BCUT2D eigenvalue weighted by molar-refractivity contribution is -0.660. The summed E-state index contributed by atoms with van der Waals surface area (Å²) in [6.45, 7) is 4.14.